The summed E-state index contributed by atoms with van der Waals surface area (Å²) in [7, 11) is 0. The molecule has 0 aliphatic carbocycles. The molecule has 2 heterocycles. The van der Waals surface area contributed by atoms with Crippen LogP contribution < -0.4 is 10.9 Å². The summed E-state index contributed by atoms with van der Waals surface area (Å²) in [6.07, 6.45) is 0. The van der Waals surface area contributed by atoms with Gasteiger partial charge in [-0.25, -0.2) is 4.79 Å². The van der Waals surface area contributed by atoms with Crippen molar-refractivity contribution in [3.05, 3.63) is 73.9 Å². The number of rotatable bonds is 2. The SMILES string of the molecule is O=C(Nc1ccc2oc(=O)ccc2c1)c1sc2cc(Cl)ccc2c1Cl. The van der Waals surface area contributed by atoms with Gasteiger partial charge in [-0.15, -0.1) is 11.3 Å². The van der Waals surface area contributed by atoms with E-state index in [-0.39, 0.29) is 5.91 Å². The highest BCUT2D eigenvalue weighted by atomic mass is 35.5. The molecule has 0 radical (unpaired) electrons. The fourth-order valence-electron chi connectivity index (χ4n) is 2.52. The molecule has 0 spiro atoms. The number of benzene rings is 2. The molecule has 0 fully saturated rings. The number of nitrogens with one attached hydrogen (secondary N) is 1. The van der Waals surface area contributed by atoms with Gasteiger partial charge in [-0.2, -0.15) is 0 Å². The van der Waals surface area contributed by atoms with Crippen molar-refractivity contribution < 1.29 is 9.21 Å². The zero-order chi connectivity index (χ0) is 17.6. The Hall–Kier alpha value is -2.34. The fourth-order valence-corrected chi connectivity index (χ4v) is 4.21. The van der Waals surface area contributed by atoms with Crippen molar-refractivity contribution in [3.8, 4) is 0 Å². The minimum absolute atomic E-state index is 0.306. The smallest absolute Gasteiger partial charge is 0.336 e. The van der Waals surface area contributed by atoms with Crippen LogP contribution in [0.1, 0.15) is 9.67 Å². The Morgan fingerprint density at radius 2 is 1.88 bits per heavy atom. The third-order valence-corrected chi connectivity index (χ3v) is 5.57. The Morgan fingerprint density at radius 1 is 1.04 bits per heavy atom. The fraction of sp³-hybridized carbons (Fsp3) is 0. The van der Waals surface area contributed by atoms with Gasteiger partial charge in [0.25, 0.3) is 5.91 Å². The molecule has 7 heteroatoms. The highest BCUT2D eigenvalue weighted by Crippen LogP contribution is 2.37. The maximum absolute atomic E-state index is 12.6. The lowest BCUT2D eigenvalue weighted by Gasteiger charge is -2.05. The van der Waals surface area contributed by atoms with Crippen molar-refractivity contribution in [1.29, 1.82) is 0 Å². The molecule has 124 valence electrons. The van der Waals surface area contributed by atoms with Gasteiger partial charge in [0, 0.05) is 32.2 Å². The number of halogens is 2. The van der Waals surface area contributed by atoms with Gasteiger partial charge in [0.1, 0.15) is 10.5 Å². The van der Waals surface area contributed by atoms with Crippen LogP contribution in [0, 0.1) is 0 Å². The van der Waals surface area contributed by atoms with Crippen molar-refractivity contribution in [2.45, 2.75) is 0 Å². The number of fused-ring (bicyclic) bond motifs is 2. The number of amides is 1. The van der Waals surface area contributed by atoms with E-state index in [0.717, 1.165) is 10.1 Å². The second kappa shape index (κ2) is 6.19. The molecule has 0 bridgehead atoms. The Labute approximate surface area is 155 Å². The Kier molecular flexibility index (Phi) is 4.00. The predicted octanol–water partition coefficient (Wildman–Crippen LogP) is 5.57. The zero-order valence-corrected chi connectivity index (χ0v) is 14.8. The third kappa shape index (κ3) is 3.02. The van der Waals surface area contributed by atoms with Crippen molar-refractivity contribution in [3.63, 3.8) is 0 Å². The molecule has 0 aliphatic rings. The van der Waals surface area contributed by atoms with Crippen molar-refractivity contribution in [2.24, 2.45) is 0 Å². The molecule has 4 rings (SSSR count). The van der Waals surface area contributed by atoms with Gasteiger partial charge in [0.15, 0.2) is 0 Å². The summed E-state index contributed by atoms with van der Waals surface area (Å²) in [4.78, 5) is 24.2. The van der Waals surface area contributed by atoms with Gasteiger partial charge in [0.2, 0.25) is 0 Å². The van der Waals surface area contributed by atoms with Crippen LogP contribution in [0.4, 0.5) is 5.69 Å². The summed E-state index contributed by atoms with van der Waals surface area (Å²) in [5, 5.41) is 5.32. The number of carbonyl (C=O) groups excluding carboxylic acids is 1. The summed E-state index contributed by atoms with van der Waals surface area (Å²) < 4.78 is 5.93. The summed E-state index contributed by atoms with van der Waals surface area (Å²) in [5.74, 6) is -0.306. The average Bonchev–Trinajstić information content (AvgIpc) is 2.91. The zero-order valence-electron chi connectivity index (χ0n) is 12.5. The second-order valence-electron chi connectivity index (χ2n) is 5.35. The van der Waals surface area contributed by atoms with Gasteiger partial charge in [-0.1, -0.05) is 29.3 Å². The third-order valence-electron chi connectivity index (χ3n) is 3.67. The molecule has 2 aromatic carbocycles. The van der Waals surface area contributed by atoms with E-state index < -0.39 is 5.63 Å². The van der Waals surface area contributed by atoms with E-state index in [0.29, 0.717) is 31.6 Å². The number of anilines is 1. The van der Waals surface area contributed by atoms with Gasteiger partial charge in [-0.3, -0.25) is 4.79 Å². The number of hydrogen-bond donors (Lipinski definition) is 1. The number of carbonyl (C=O) groups is 1. The monoisotopic (exact) mass is 389 g/mol. The van der Waals surface area contributed by atoms with Gasteiger partial charge in [-0.05, 0) is 36.4 Å². The first-order valence-electron chi connectivity index (χ1n) is 7.24. The lowest BCUT2D eigenvalue weighted by Crippen LogP contribution is -2.10. The number of thiophene rings is 1. The number of hydrogen-bond acceptors (Lipinski definition) is 4. The molecular weight excluding hydrogens is 381 g/mol. The van der Waals surface area contributed by atoms with E-state index in [9.17, 15) is 9.59 Å². The molecule has 4 aromatic rings. The van der Waals surface area contributed by atoms with Crippen LogP contribution in [0.3, 0.4) is 0 Å². The Bertz CT molecular complexity index is 1200. The second-order valence-corrected chi connectivity index (χ2v) is 7.21. The maximum atomic E-state index is 12.6. The van der Waals surface area contributed by atoms with Crippen molar-refractivity contribution in [1.82, 2.24) is 0 Å². The maximum Gasteiger partial charge on any atom is 0.336 e. The molecular formula is C18H9Cl2NO3S. The molecule has 2 aromatic heterocycles. The largest absolute Gasteiger partial charge is 0.423 e. The lowest BCUT2D eigenvalue weighted by atomic mass is 10.2. The van der Waals surface area contributed by atoms with Crippen LogP contribution in [-0.4, -0.2) is 5.91 Å². The Morgan fingerprint density at radius 3 is 2.72 bits per heavy atom. The molecule has 0 saturated heterocycles. The van der Waals surface area contributed by atoms with Crippen LogP contribution in [0.15, 0.2) is 57.7 Å². The van der Waals surface area contributed by atoms with E-state index >= 15 is 0 Å². The molecule has 0 aliphatic heterocycles. The van der Waals surface area contributed by atoms with Gasteiger partial charge >= 0.3 is 5.63 Å². The predicted molar refractivity (Wildman–Crippen MR) is 102 cm³/mol. The summed E-state index contributed by atoms with van der Waals surface area (Å²) in [6, 6.07) is 13.3. The quantitative estimate of drug-likeness (QED) is 0.456. The van der Waals surface area contributed by atoms with Crippen LogP contribution in [0.2, 0.25) is 10.0 Å². The van der Waals surface area contributed by atoms with Crippen molar-refractivity contribution in [2.75, 3.05) is 5.32 Å². The highest BCUT2D eigenvalue weighted by Gasteiger charge is 2.17. The molecule has 1 amide bonds. The van der Waals surface area contributed by atoms with Gasteiger partial charge < -0.3 is 9.73 Å². The molecule has 0 unspecified atom stereocenters. The first-order chi connectivity index (χ1) is 12.0. The van der Waals surface area contributed by atoms with Crippen molar-refractivity contribution >= 4 is 67.2 Å². The van der Waals surface area contributed by atoms with E-state index in [1.165, 1.54) is 17.4 Å². The van der Waals surface area contributed by atoms with Crippen LogP contribution in [-0.2, 0) is 0 Å². The van der Waals surface area contributed by atoms with E-state index in [2.05, 4.69) is 5.32 Å². The van der Waals surface area contributed by atoms with Crippen LogP contribution >= 0.6 is 34.5 Å². The minimum atomic E-state index is -0.417. The Balaban J connectivity index is 1.69. The van der Waals surface area contributed by atoms with E-state index in [4.69, 9.17) is 27.6 Å². The molecule has 4 nitrogen and oxygen atoms in total. The summed E-state index contributed by atoms with van der Waals surface area (Å²) in [5.41, 5.74) is 0.623. The normalized spacial score (nSPS) is 11.1. The highest BCUT2D eigenvalue weighted by molar-refractivity contribution is 7.21. The first kappa shape index (κ1) is 16.1. The van der Waals surface area contributed by atoms with Gasteiger partial charge in [0.05, 0.1) is 5.02 Å². The van der Waals surface area contributed by atoms with E-state index in [1.54, 1.807) is 42.5 Å². The molecule has 0 saturated carbocycles. The summed E-state index contributed by atoms with van der Waals surface area (Å²) in [6.45, 7) is 0. The van der Waals surface area contributed by atoms with E-state index in [1.807, 2.05) is 0 Å². The lowest BCUT2D eigenvalue weighted by molar-refractivity contribution is 0.103. The first-order valence-corrected chi connectivity index (χ1v) is 8.81. The topological polar surface area (TPSA) is 59.3 Å². The molecule has 1 N–H and O–H groups in total. The van der Waals surface area contributed by atoms with Crippen LogP contribution in [0.5, 0.6) is 0 Å². The van der Waals surface area contributed by atoms with Crippen LogP contribution in [0.25, 0.3) is 21.1 Å². The molecule has 25 heavy (non-hydrogen) atoms. The minimum Gasteiger partial charge on any atom is -0.423 e. The standard InChI is InChI=1S/C18H9Cl2NO3S/c19-10-2-4-12-14(8-10)25-17(16(12)20)18(23)21-11-3-5-13-9(7-11)1-6-15(22)24-13/h1-8H,(H,21,23). The summed E-state index contributed by atoms with van der Waals surface area (Å²) >= 11 is 13.6. The average molecular weight is 390 g/mol. The molecule has 0 atom stereocenters.